The highest BCUT2D eigenvalue weighted by atomic mass is 16.6. The fourth-order valence-corrected chi connectivity index (χ4v) is 6.58. The summed E-state index contributed by atoms with van der Waals surface area (Å²) in [5.74, 6) is -2.88. The zero-order valence-corrected chi connectivity index (χ0v) is 19.4. The van der Waals surface area contributed by atoms with Gasteiger partial charge in [0, 0.05) is 24.4 Å². The normalized spacial score (nSPS) is 37.9. The van der Waals surface area contributed by atoms with Crippen molar-refractivity contribution in [3.63, 3.8) is 0 Å². The van der Waals surface area contributed by atoms with E-state index in [2.05, 4.69) is 5.32 Å². The third kappa shape index (κ3) is 3.71. The third-order valence-corrected chi connectivity index (χ3v) is 8.07. The van der Waals surface area contributed by atoms with Crippen molar-refractivity contribution in [2.24, 2.45) is 28.6 Å². The van der Waals surface area contributed by atoms with Crippen molar-refractivity contribution in [3.8, 4) is 0 Å². The number of methoxy groups -OCH3 is 1. The number of Topliss-reactive ketones (excluding diaryl/α,β-unsaturated/α-hetero) is 1. The highest BCUT2D eigenvalue weighted by Gasteiger charge is 2.67. The van der Waals surface area contributed by atoms with Crippen LogP contribution in [0.2, 0.25) is 0 Å². The lowest BCUT2D eigenvalue weighted by molar-refractivity contribution is -0.207. The molecule has 9 heteroatoms. The van der Waals surface area contributed by atoms with Gasteiger partial charge in [-0.3, -0.25) is 14.4 Å². The largest absolute Gasteiger partial charge is 0.472 e. The minimum Gasteiger partial charge on any atom is -0.472 e. The van der Waals surface area contributed by atoms with Crippen molar-refractivity contribution < 1.29 is 37.8 Å². The number of hydrogen-bond acceptors (Lipinski definition) is 8. The molecule has 180 valence electrons. The Morgan fingerprint density at radius 1 is 1.24 bits per heavy atom. The first-order valence-corrected chi connectivity index (χ1v) is 11.4. The summed E-state index contributed by atoms with van der Waals surface area (Å²) in [6.45, 7) is 5.94. The Balaban J connectivity index is 1.76. The van der Waals surface area contributed by atoms with E-state index in [1.54, 1.807) is 13.0 Å². The first kappa shape index (κ1) is 23.3. The zero-order valence-electron chi connectivity index (χ0n) is 19.4. The molecule has 0 aromatic carbocycles. The van der Waals surface area contributed by atoms with Gasteiger partial charge in [0.15, 0.2) is 11.9 Å². The number of fused-ring (bicyclic) bond motifs is 3. The lowest BCUT2D eigenvalue weighted by Crippen LogP contribution is -2.65. The topological polar surface area (TPSA) is 121 Å². The van der Waals surface area contributed by atoms with Crippen molar-refractivity contribution >= 4 is 23.8 Å². The lowest BCUT2D eigenvalue weighted by Gasteiger charge is -2.60. The van der Waals surface area contributed by atoms with Crippen LogP contribution in [0.1, 0.15) is 58.1 Å². The van der Waals surface area contributed by atoms with Crippen molar-refractivity contribution in [2.45, 2.75) is 58.7 Å². The number of cyclic esters (lactones) is 1. The number of nitrogens with one attached hydrogen (secondary N) is 1. The summed E-state index contributed by atoms with van der Waals surface area (Å²) in [4.78, 5) is 52.0. The van der Waals surface area contributed by atoms with Gasteiger partial charge in [-0.15, -0.1) is 0 Å². The second-order valence-electron chi connectivity index (χ2n) is 9.86. The van der Waals surface area contributed by atoms with E-state index in [1.807, 2.05) is 13.8 Å². The molecule has 2 heterocycles. The number of rotatable bonds is 4. The van der Waals surface area contributed by atoms with Crippen molar-refractivity contribution in [1.82, 2.24) is 5.32 Å². The molecule has 4 rings (SSSR count). The van der Waals surface area contributed by atoms with E-state index < -0.39 is 52.9 Å². The van der Waals surface area contributed by atoms with Crippen molar-refractivity contribution in [2.75, 3.05) is 13.7 Å². The van der Waals surface area contributed by atoms with Crippen LogP contribution in [0, 0.1) is 28.6 Å². The molecule has 1 saturated heterocycles. The predicted molar refractivity (Wildman–Crippen MR) is 114 cm³/mol. The summed E-state index contributed by atoms with van der Waals surface area (Å²) >= 11 is 0. The molecule has 2 saturated carbocycles. The fourth-order valence-electron chi connectivity index (χ4n) is 6.58. The molecule has 1 aromatic heterocycles. The van der Waals surface area contributed by atoms with E-state index in [-0.39, 0.29) is 18.2 Å². The first-order chi connectivity index (χ1) is 15.7. The maximum absolute atomic E-state index is 13.9. The van der Waals surface area contributed by atoms with Crippen molar-refractivity contribution in [1.29, 1.82) is 0 Å². The number of alkyl carbamates (subject to hydrolysis) is 1. The van der Waals surface area contributed by atoms with Gasteiger partial charge in [-0.05, 0) is 43.1 Å². The molecule has 2 aliphatic carbocycles. The van der Waals surface area contributed by atoms with E-state index >= 15 is 0 Å². The van der Waals surface area contributed by atoms with Gasteiger partial charge in [-0.25, -0.2) is 4.79 Å². The van der Waals surface area contributed by atoms with Gasteiger partial charge in [-0.1, -0.05) is 13.8 Å². The molecule has 1 aliphatic heterocycles. The van der Waals surface area contributed by atoms with Crippen LogP contribution in [0.3, 0.4) is 0 Å². The molecule has 33 heavy (non-hydrogen) atoms. The standard InChI is InChI=1S/C24H31NO8/c1-5-25-22(29)33-16-10-15(20(27)30-4)23(2)8-6-14-21(28)32-17(13-7-9-31-12-13)11-24(14,3)19(23)18(16)26/h7,9,12,14-17,19H,5-6,8,10-11H2,1-4H3,(H,25,29)/t14-,15-,16+,17-,19?,23-,24-/m0/s1. The smallest absolute Gasteiger partial charge is 0.407 e. The third-order valence-electron chi connectivity index (χ3n) is 8.07. The molecule has 3 aliphatic rings. The van der Waals surface area contributed by atoms with Gasteiger partial charge in [-0.2, -0.15) is 0 Å². The molecule has 0 radical (unpaired) electrons. The van der Waals surface area contributed by atoms with Gasteiger partial charge < -0.3 is 23.9 Å². The first-order valence-electron chi connectivity index (χ1n) is 11.4. The minimum absolute atomic E-state index is 0.0615. The fraction of sp³-hybridized carbons (Fsp3) is 0.667. The summed E-state index contributed by atoms with van der Waals surface area (Å²) in [6, 6.07) is 1.74. The summed E-state index contributed by atoms with van der Waals surface area (Å²) in [5.41, 5.74) is -0.815. The van der Waals surface area contributed by atoms with Crippen molar-refractivity contribution in [3.05, 3.63) is 24.2 Å². The van der Waals surface area contributed by atoms with Crippen LogP contribution in [-0.4, -0.2) is 43.6 Å². The number of ketones is 1. The molecule has 1 N–H and O–H groups in total. The Morgan fingerprint density at radius 2 is 2.00 bits per heavy atom. The highest BCUT2D eigenvalue weighted by molar-refractivity contribution is 5.93. The Labute approximate surface area is 192 Å². The molecule has 3 fully saturated rings. The number of ether oxygens (including phenoxy) is 3. The average Bonchev–Trinajstić information content (AvgIpc) is 3.29. The van der Waals surface area contributed by atoms with E-state index in [9.17, 15) is 19.2 Å². The van der Waals surface area contributed by atoms with Gasteiger partial charge in [0.2, 0.25) is 0 Å². The van der Waals surface area contributed by atoms with E-state index in [0.29, 0.717) is 25.8 Å². The summed E-state index contributed by atoms with van der Waals surface area (Å²) in [5, 5.41) is 2.54. The van der Waals surface area contributed by atoms with Crippen LogP contribution in [0.15, 0.2) is 23.0 Å². The SMILES string of the molecule is CCNC(=O)O[C@@H]1C[C@@H](C(=O)OC)[C@]2(C)CC[C@H]3C(=O)O[C@H](c4ccoc4)C[C@]3(C)C2C1=O. The second-order valence-corrected chi connectivity index (χ2v) is 9.86. The van der Waals surface area contributed by atoms with Crippen LogP contribution in [0.5, 0.6) is 0 Å². The van der Waals surface area contributed by atoms with E-state index in [0.717, 1.165) is 5.56 Å². The molecular formula is C24H31NO8. The molecule has 1 unspecified atom stereocenters. The number of furan rings is 1. The number of carbonyl (C=O) groups excluding carboxylic acids is 4. The Hall–Kier alpha value is -2.84. The van der Waals surface area contributed by atoms with Crippen LogP contribution in [0.25, 0.3) is 0 Å². The number of carbonyl (C=O) groups is 4. The maximum atomic E-state index is 13.9. The quantitative estimate of drug-likeness (QED) is 0.536. The average molecular weight is 462 g/mol. The summed E-state index contributed by atoms with van der Waals surface area (Å²) in [7, 11) is 1.32. The van der Waals surface area contributed by atoms with Gasteiger partial charge in [0.1, 0.15) is 6.10 Å². The molecule has 9 nitrogen and oxygen atoms in total. The highest BCUT2D eigenvalue weighted by Crippen LogP contribution is 2.65. The minimum atomic E-state index is -1.10. The van der Waals surface area contributed by atoms with Crippen LogP contribution in [-0.2, 0) is 28.6 Å². The molecule has 1 aromatic rings. The second kappa shape index (κ2) is 8.50. The number of esters is 2. The molecule has 7 atom stereocenters. The van der Waals surface area contributed by atoms with Gasteiger partial charge in [0.05, 0.1) is 31.5 Å². The Bertz CT molecular complexity index is 942. The molecule has 0 bridgehead atoms. The summed E-state index contributed by atoms with van der Waals surface area (Å²) < 4.78 is 21.5. The van der Waals surface area contributed by atoms with Crippen LogP contribution in [0.4, 0.5) is 4.79 Å². The molecule has 0 spiro atoms. The molecule has 1 amide bonds. The molecular weight excluding hydrogens is 430 g/mol. The van der Waals surface area contributed by atoms with Crippen LogP contribution >= 0.6 is 0 Å². The van der Waals surface area contributed by atoms with Gasteiger partial charge in [0.25, 0.3) is 0 Å². The van der Waals surface area contributed by atoms with Gasteiger partial charge >= 0.3 is 18.0 Å². The number of hydrogen-bond donors (Lipinski definition) is 1. The number of amides is 1. The van der Waals surface area contributed by atoms with E-state index in [1.165, 1.54) is 19.6 Å². The Morgan fingerprint density at radius 3 is 2.64 bits per heavy atom. The predicted octanol–water partition coefficient (Wildman–Crippen LogP) is 3.18. The zero-order chi connectivity index (χ0) is 24.0. The Kier molecular flexibility index (Phi) is 6.01. The lowest BCUT2D eigenvalue weighted by atomic mass is 9.43. The monoisotopic (exact) mass is 461 g/mol. The summed E-state index contributed by atoms with van der Waals surface area (Å²) in [6.07, 6.45) is 2.13. The maximum Gasteiger partial charge on any atom is 0.407 e. The van der Waals surface area contributed by atoms with Crippen LogP contribution < -0.4 is 5.32 Å². The van der Waals surface area contributed by atoms with E-state index in [4.69, 9.17) is 18.6 Å².